The average Bonchev–Trinajstić information content (AvgIpc) is 3.29. The number of imide groups is 1. The Morgan fingerprint density at radius 1 is 1.10 bits per heavy atom. The molecule has 4 aliphatic rings. The molecule has 0 spiro atoms. The Balaban J connectivity index is 1.44. The number of hydrogen-bond acceptors (Lipinski definition) is 6. The molecule has 154 valence electrons. The summed E-state index contributed by atoms with van der Waals surface area (Å²) in [6.45, 7) is 1.81. The number of aryl methyl sites for hydroxylation is 1. The maximum atomic E-state index is 13.4. The van der Waals surface area contributed by atoms with E-state index < -0.39 is 6.04 Å². The van der Waals surface area contributed by atoms with E-state index in [1.165, 1.54) is 16.2 Å². The smallest absolute Gasteiger partial charge is 0.234 e. The Bertz CT molecular complexity index is 1000. The minimum Gasteiger partial charge on any atom is -0.300 e. The first-order valence-electron chi connectivity index (χ1n) is 10.2. The SMILES string of the molecule is Cc1nnc(NC(=O)CC(c2ccccc2)N2C(=O)C3C4C=CC(CC4)C3C2=O)s1. The summed E-state index contributed by atoms with van der Waals surface area (Å²) in [6.07, 6.45) is 6.09. The maximum absolute atomic E-state index is 13.4. The Hall–Kier alpha value is -2.87. The molecule has 1 N–H and O–H groups in total. The van der Waals surface area contributed by atoms with Gasteiger partial charge in [0.2, 0.25) is 22.9 Å². The Labute approximate surface area is 178 Å². The number of fused-ring (bicyclic) bond motifs is 1. The van der Waals surface area contributed by atoms with Gasteiger partial charge in [-0.05, 0) is 37.2 Å². The van der Waals surface area contributed by atoms with Crippen LogP contribution in [0.1, 0.15) is 35.9 Å². The zero-order valence-electron chi connectivity index (χ0n) is 16.5. The number of amides is 3. The van der Waals surface area contributed by atoms with Gasteiger partial charge in [-0.3, -0.25) is 19.3 Å². The molecule has 6 rings (SSSR count). The molecular formula is C22H22N4O3S. The first kappa shape index (κ1) is 19.1. The highest BCUT2D eigenvalue weighted by molar-refractivity contribution is 7.15. The molecule has 1 aromatic carbocycles. The molecule has 30 heavy (non-hydrogen) atoms. The van der Waals surface area contributed by atoms with Crippen LogP contribution >= 0.6 is 11.3 Å². The number of benzene rings is 1. The largest absolute Gasteiger partial charge is 0.300 e. The van der Waals surface area contributed by atoms with Crippen molar-refractivity contribution in [1.29, 1.82) is 0 Å². The number of rotatable bonds is 5. The van der Waals surface area contributed by atoms with Crippen LogP contribution in [0.3, 0.4) is 0 Å². The number of nitrogens with one attached hydrogen (secondary N) is 1. The number of carbonyl (C=O) groups is 3. The molecule has 7 nitrogen and oxygen atoms in total. The minimum atomic E-state index is -0.634. The highest BCUT2D eigenvalue weighted by Gasteiger charge is 2.58. The van der Waals surface area contributed by atoms with Gasteiger partial charge in [0.1, 0.15) is 5.01 Å². The molecule has 2 bridgehead atoms. The molecule has 1 aromatic heterocycles. The van der Waals surface area contributed by atoms with Gasteiger partial charge in [-0.2, -0.15) is 0 Å². The topological polar surface area (TPSA) is 92.3 Å². The zero-order chi connectivity index (χ0) is 20.8. The van der Waals surface area contributed by atoms with E-state index >= 15 is 0 Å². The van der Waals surface area contributed by atoms with Crippen LogP contribution in [-0.4, -0.2) is 32.8 Å². The highest BCUT2D eigenvalue weighted by atomic mass is 32.1. The molecular weight excluding hydrogens is 400 g/mol. The molecule has 1 aliphatic heterocycles. The van der Waals surface area contributed by atoms with Gasteiger partial charge in [0, 0.05) is 0 Å². The predicted molar refractivity (Wildman–Crippen MR) is 111 cm³/mol. The number of hydrogen-bond donors (Lipinski definition) is 1. The molecule has 5 atom stereocenters. The third kappa shape index (κ3) is 3.15. The first-order chi connectivity index (χ1) is 14.5. The van der Waals surface area contributed by atoms with Crippen molar-refractivity contribution in [2.45, 2.75) is 32.2 Å². The number of allylic oxidation sites excluding steroid dienone is 2. The molecule has 3 aliphatic carbocycles. The molecule has 8 heteroatoms. The van der Waals surface area contributed by atoms with E-state index in [1.807, 2.05) is 37.3 Å². The third-order valence-electron chi connectivity index (χ3n) is 6.44. The number of likely N-dealkylation sites (tertiary alicyclic amines) is 1. The van der Waals surface area contributed by atoms with Gasteiger partial charge in [-0.15, -0.1) is 10.2 Å². The van der Waals surface area contributed by atoms with Gasteiger partial charge in [-0.25, -0.2) is 0 Å². The van der Waals surface area contributed by atoms with Crippen molar-refractivity contribution in [2.24, 2.45) is 23.7 Å². The molecule has 2 heterocycles. The van der Waals surface area contributed by atoms with E-state index in [0.29, 0.717) is 5.13 Å². The van der Waals surface area contributed by atoms with E-state index in [0.717, 1.165) is 23.4 Å². The standard InChI is InChI=1S/C22H22N4O3S/c1-12-24-25-22(30-12)23-17(27)11-16(13-5-3-2-4-6-13)26-20(28)18-14-7-8-15(10-9-14)19(18)21(26)29/h2-8,14-16,18-19H,9-11H2,1H3,(H,23,25,27). The zero-order valence-corrected chi connectivity index (χ0v) is 17.3. The van der Waals surface area contributed by atoms with Crippen molar-refractivity contribution in [1.82, 2.24) is 15.1 Å². The second kappa shape index (κ2) is 7.43. The van der Waals surface area contributed by atoms with Gasteiger partial charge in [0.15, 0.2) is 0 Å². The predicted octanol–water partition coefficient (Wildman–Crippen LogP) is 3.11. The summed E-state index contributed by atoms with van der Waals surface area (Å²) in [4.78, 5) is 41.0. The van der Waals surface area contributed by atoms with Crippen molar-refractivity contribution in [3.8, 4) is 0 Å². The molecule has 5 unspecified atom stereocenters. The van der Waals surface area contributed by atoms with Crippen LogP contribution in [0.5, 0.6) is 0 Å². The average molecular weight is 423 g/mol. The number of aromatic nitrogens is 2. The van der Waals surface area contributed by atoms with E-state index in [-0.39, 0.29) is 47.8 Å². The summed E-state index contributed by atoms with van der Waals surface area (Å²) in [5, 5.41) is 11.8. The Morgan fingerprint density at radius 3 is 2.27 bits per heavy atom. The second-order valence-corrected chi connectivity index (χ2v) is 9.37. The first-order valence-corrected chi connectivity index (χ1v) is 11.0. The Kier molecular flexibility index (Phi) is 4.73. The molecule has 2 fully saturated rings. The van der Waals surface area contributed by atoms with Crippen LogP contribution in [0.15, 0.2) is 42.5 Å². The van der Waals surface area contributed by atoms with Gasteiger partial charge in [0.05, 0.1) is 24.3 Å². The van der Waals surface area contributed by atoms with Gasteiger partial charge in [0.25, 0.3) is 0 Å². The number of carbonyl (C=O) groups excluding carboxylic acids is 3. The lowest BCUT2D eigenvalue weighted by atomic mass is 9.63. The molecule has 1 saturated heterocycles. The quantitative estimate of drug-likeness (QED) is 0.590. The van der Waals surface area contributed by atoms with Crippen molar-refractivity contribution in [2.75, 3.05) is 5.32 Å². The van der Waals surface area contributed by atoms with Crippen LogP contribution in [0.2, 0.25) is 0 Å². The van der Waals surface area contributed by atoms with Gasteiger partial charge < -0.3 is 5.32 Å². The number of nitrogens with zero attached hydrogens (tertiary/aromatic N) is 3. The van der Waals surface area contributed by atoms with Crippen molar-refractivity contribution in [3.63, 3.8) is 0 Å². The Morgan fingerprint density at radius 2 is 1.73 bits per heavy atom. The van der Waals surface area contributed by atoms with Crippen LogP contribution in [0.4, 0.5) is 5.13 Å². The summed E-state index contributed by atoms with van der Waals surface area (Å²) in [7, 11) is 0. The van der Waals surface area contributed by atoms with E-state index in [1.54, 1.807) is 0 Å². The van der Waals surface area contributed by atoms with Gasteiger partial charge >= 0.3 is 0 Å². The summed E-state index contributed by atoms with van der Waals surface area (Å²) in [5.74, 6) is -0.915. The monoisotopic (exact) mass is 422 g/mol. The van der Waals surface area contributed by atoms with Crippen molar-refractivity contribution >= 4 is 34.2 Å². The fraction of sp³-hybridized carbons (Fsp3) is 0.409. The minimum absolute atomic E-state index is 0.0116. The normalized spacial score (nSPS) is 28.0. The molecule has 2 aromatic rings. The highest BCUT2D eigenvalue weighted by Crippen LogP contribution is 2.51. The third-order valence-corrected chi connectivity index (χ3v) is 7.19. The lowest BCUT2D eigenvalue weighted by Crippen LogP contribution is -2.38. The maximum Gasteiger partial charge on any atom is 0.234 e. The van der Waals surface area contributed by atoms with Crippen molar-refractivity contribution < 1.29 is 14.4 Å². The van der Waals surface area contributed by atoms with E-state index in [9.17, 15) is 14.4 Å². The fourth-order valence-corrected chi connectivity index (χ4v) is 5.74. The van der Waals surface area contributed by atoms with E-state index in [4.69, 9.17) is 0 Å². The van der Waals surface area contributed by atoms with Gasteiger partial charge in [-0.1, -0.05) is 53.8 Å². The number of anilines is 1. The summed E-state index contributed by atoms with van der Waals surface area (Å²) < 4.78 is 0. The van der Waals surface area contributed by atoms with Crippen LogP contribution < -0.4 is 5.32 Å². The van der Waals surface area contributed by atoms with Crippen LogP contribution in [0, 0.1) is 30.6 Å². The molecule has 3 amide bonds. The van der Waals surface area contributed by atoms with E-state index in [2.05, 4.69) is 27.7 Å². The fourth-order valence-electron chi connectivity index (χ4n) is 5.13. The second-order valence-electron chi connectivity index (χ2n) is 8.19. The summed E-state index contributed by atoms with van der Waals surface area (Å²) in [6, 6.07) is 8.69. The summed E-state index contributed by atoms with van der Waals surface area (Å²) >= 11 is 1.29. The molecule has 1 saturated carbocycles. The van der Waals surface area contributed by atoms with Crippen molar-refractivity contribution in [3.05, 3.63) is 53.1 Å². The molecule has 0 radical (unpaired) electrons. The van der Waals surface area contributed by atoms with Crippen LogP contribution in [0.25, 0.3) is 0 Å². The van der Waals surface area contributed by atoms with Crippen LogP contribution in [-0.2, 0) is 14.4 Å². The summed E-state index contributed by atoms with van der Waals surface area (Å²) in [5.41, 5.74) is 0.779. The lowest BCUT2D eigenvalue weighted by molar-refractivity contribution is -0.143. The lowest BCUT2D eigenvalue weighted by Gasteiger charge is -2.38.